The van der Waals surface area contributed by atoms with Crippen molar-refractivity contribution in [3.05, 3.63) is 47.5 Å². The van der Waals surface area contributed by atoms with Crippen molar-refractivity contribution in [2.45, 2.75) is 43.2 Å². The van der Waals surface area contributed by atoms with Crippen molar-refractivity contribution in [3.8, 4) is 0 Å². The molecule has 2 rings (SSSR count). The summed E-state index contributed by atoms with van der Waals surface area (Å²) in [6.45, 7) is 2.41. The summed E-state index contributed by atoms with van der Waals surface area (Å²) in [5.74, 6) is -0.135. The van der Waals surface area contributed by atoms with Gasteiger partial charge < -0.3 is 10.0 Å². The van der Waals surface area contributed by atoms with Crippen LogP contribution in [0.15, 0.2) is 42.0 Å². The predicted octanol–water partition coefficient (Wildman–Crippen LogP) is 2.72. The van der Waals surface area contributed by atoms with Crippen LogP contribution in [-0.2, 0) is 11.3 Å². The largest absolute Gasteiger partial charge is 0.367 e. The molecule has 1 aliphatic rings. The number of halogens is 1. The topological polar surface area (TPSA) is 40.5 Å². The number of nitrogens with zero attached hydrogens (tertiary/aromatic N) is 1. The van der Waals surface area contributed by atoms with Crippen molar-refractivity contribution in [2.75, 3.05) is 0 Å². The van der Waals surface area contributed by atoms with Crippen LogP contribution in [0.3, 0.4) is 0 Å². The molecule has 2 unspecified atom stereocenters. The monoisotopic (exact) mass is 347 g/mol. The van der Waals surface area contributed by atoms with E-state index in [0.717, 1.165) is 18.4 Å². The maximum absolute atomic E-state index is 12.6. The average molecular weight is 348 g/mol. The van der Waals surface area contributed by atoms with Gasteiger partial charge in [0.25, 0.3) is 5.91 Å². The molecule has 3 nitrogen and oxygen atoms in total. The summed E-state index contributed by atoms with van der Waals surface area (Å²) in [5, 5.41) is 10.8. The molecule has 0 spiro atoms. The first-order valence-electron chi connectivity index (χ1n) is 7.18. The van der Waals surface area contributed by atoms with E-state index in [4.69, 9.17) is 7.85 Å². The second-order valence-electron chi connectivity index (χ2n) is 5.33. The van der Waals surface area contributed by atoms with E-state index < -0.39 is 10.5 Å². The maximum atomic E-state index is 12.6. The molecule has 5 heteroatoms. The fraction of sp³-hybridized carbons (Fsp3) is 0.438. The Morgan fingerprint density at radius 2 is 2.05 bits per heavy atom. The summed E-state index contributed by atoms with van der Waals surface area (Å²) in [7, 11) is 5.86. The standard InChI is InChI=1S/C16H19BBrNO2/c1-2-3-9-13-10-16(21,15(17)18)19(14(13)20)11-12-7-5-4-6-8-12/h4-8,10,15,21H,2-3,9,11H2,1H3. The second kappa shape index (κ2) is 6.80. The van der Waals surface area contributed by atoms with Gasteiger partial charge in [-0.1, -0.05) is 59.6 Å². The number of hydrogen-bond donors (Lipinski definition) is 1. The molecule has 1 aliphatic heterocycles. The third kappa shape index (κ3) is 3.41. The molecule has 21 heavy (non-hydrogen) atoms. The zero-order valence-electron chi connectivity index (χ0n) is 12.1. The molecule has 1 aromatic carbocycles. The van der Waals surface area contributed by atoms with E-state index in [2.05, 4.69) is 22.9 Å². The smallest absolute Gasteiger partial charge is 0.252 e. The fourth-order valence-corrected chi connectivity index (χ4v) is 2.85. The number of benzene rings is 1. The van der Waals surface area contributed by atoms with Gasteiger partial charge in [0.2, 0.25) is 0 Å². The number of unbranched alkanes of at least 4 members (excludes halogenated alkanes) is 1. The lowest BCUT2D eigenvalue weighted by atomic mass is 9.92. The quantitative estimate of drug-likeness (QED) is 0.635. The molecular weight excluding hydrogens is 329 g/mol. The molecular formula is C16H19BBrNO2. The summed E-state index contributed by atoms with van der Waals surface area (Å²) in [5.41, 5.74) is 0.128. The highest BCUT2D eigenvalue weighted by molar-refractivity contribution is 9.10. The minimum atomic E-state index is -1.48. The van der Waals surface area contributed by atoms with E-state index in [1.54, 1.807) is 6.08 Å². The Bertz CT molecular complexity index is 532. The van der Waals surface area contributed by atoms with Crippen LogP contribution in [-0.4, -0.2) is 34.2 Å². The van der Waals surface area contributed by atoms with Crippen molar-refractivity contribution < 1.29 is 9.90 Å². The summed E-state index contributed by atoms with van der Waals surface area (Å²) < 4.78 is -0.725. The van der Waals surface area contributed by atoms with Crippen LogP contribution >= 0.6 is 15.9 Å². The van der Waals surface area contributed by atoms with E-state index in [1.807, 2.05) is 30.3 Å². The lowest BCUT2D eigenvalue weighted by molar-refractivity contribution is -0.141. The van der Waals surface area contributed by atoms with Crippen LogP contribution in [0, 0.1) is 0 Å². The highest BCUT2D eigenvalue weighted by atomic mass is 79.9. The van der Waals surface area contributed by atoms with Gasteiger partial charge in [-0.05, 0) is 24.5 Å². The summed E-state index contributed by atoms with van der Waals surface area (Å²) >= 11 is 3.22. The molecule has 1 N–H and O–H groups in total. The SMILES string of the molecule is [B]C(Br)C1(O)C=C(CCCC)C(=O)N1Cc1ccccc1. The van der Waals surface area contributed by atoms with E-state index in [1.165, 1.54) is 4.90 Å². The van der Waals surface area contributed by atoms with Gasteiger partial charge in [-0.3, -0.25) is 4.79 Å². The molecule has 1 aromatic rings. The molecule has 0 aromatic heterocycles. The molecule has 0 saturated carbocycles. The zero-order chi connectivity index (χ0) is 15.5. The van der Waals surface area contributed by atoms with Gasteiger partial charge in [0.1, 0.15) is 0 Å². The van der Waals surface area contributed by atoms with Crippen LogP contribution < -0.4 is 0 Å². The molecule has 0 aliphatic carbocycles. The van der Waals surface area contributed by atoms with Crippen LogP contribution in [0.2, 0.25) is 0 Å². The zero-order valence-corrected chi connectivity index (χ0v) is 13.7. The minimum Gasteiger partial charge on any atom is -0.367 e. The van der Waals surface area contributed by atoms with Crippen LogP contribution in [0.5, 0.6) is 0 Å². The summed E-state index contributed by atoms with van der Waals surface area (Å²) in [6, 6.07) is 9.60. The lowest BCUT2D eigenvalue weighted by Crippen LogP contribution is -2.52. The molecule has 2 radical (unpaired) electrons. The third-order valence-corrected chi connectivity index (χ3v) is 4.40. The van der Waals surface area contributed by atoms with Gasteiger partial charge in [0.15, 0.2) is 5.72 Å². The summed E-state index contributed by atoms with van der Waals surface area (Å²) in [4.78, 5) is 14.0. The van der Waals surface area contributed by atoms with E-state index in [9.17, 15) is 9.90 Å². The maximum Gasteiger partial charge on any atom is 0.252 e. The number of aliphatic hydroxyl groups is 1. The number of carbonyl (C=O) groups excluding carboxylic acids is 1. The Morgan fingerprint density at radius 1 is 1.38 bits per heavy atom. The van der Waals surface area contributed by atoms with Gasteiger partial charge in [0, 0.05) is 16.8 Å². The van der Waals surface area contributed by atoms with Crippen molar-refractivity contribution in [2.24, 2.45) is 0 Å². The molecule has 0 fully saturated rings. The average Bonchev–Trinajstić information content (AvgIpc) is 2.72. The molecule has 1 amide bonds. The third-order valence-electron chi connectivity index (χ3n) is 3.73. The van der Waals surface area contributed by atoms with Gasteiger partial charge in [0.05, 0.1) is 7.85 Å². The van der Waals surface area contributed by atoms with Gasteiger partial charge >= 0.3 is 0 Å². The highest BCUT2D eigenvalue weighted by Gasteiger charge is 2.45. The van der Waals surface area contributed by atoms with Crippen molar-refractivity contribution in [1.29, 1.82) is 0 Å². The Labute approximate surface area is 135 Å². The van der Waals surface area contributed by atoms with Crippen molar-refractivity contribution in [3.63, 3.8) is 0 Å². The molecule has 0 saturated heterocycles. The van der Waals surface area contributed by atoms with Crippen LogP contribution in [0.4, 0.5) is 0 Å². The highest BCUT2D eigenvalue weighted by Crippen LogP contribution is 2.34. The van der Waals surface area contributed by atoms with Gasteiger partial charge in [-0.15, -0.1) is 0 Å². The number of rotatable bonds is 6. The van der Waals surface area contributed by atoms with E-state index in [0.29, 0.717) is 18.5 Å². The number of hydrogen-bond acceptors (Lipinski definition) is 2. The van der Waals surface area contributed by atoms with Crippen molar-refractivity contribution in [1.82, 2.24) is 4.90 Å². The van der Waals surface area contributed by atoms with E-state index >= 15 is 0 Å². The Balaban J connectivity index is 2.25. The molecule has 2 atom stereocenters. The first-order valence-corrected chi connectivity index (χ1v) is 8.10. The molecule has 110 valence electrons. The minimum absolute atomic E-state index is 0.135. The first kappa shape index (κ1) is 16.3. The normalized spacial score (nSPS) is 23.3. The predicted molar refractivity (Wildman–Crippen MR) is 88.0 cm³/mol. The molecule has 1 heterocycles. The summed E-state index contributed by atoms with van der Waals surface area (Å²) in [6.07, 6.45) is 4.20. The van der Waals surface area contributed by atoms with Gasteiger partial charge in [-0.2, -0.15) is 0 Å². The van der Waals surface area contributed by atoms with Crippen LogP contribution in [0.25, 0.3) is 0 Å². The Hall–Kier alpha value is -1.07. The lowest BCUT2D eigenvalue weighted by Gasteiger charge is -2.36. The number of carbonyl (C=O) groups is 1. The number of alkyl halides is 1. The van der Waals surface area contributed by atoms with Gasteiger partial charge in [-0.25, -0.2) is 0 Å². The number of amides is 1. The Morgan fingerprint density at radius 3 is 2.62 bits per heavy atom. The fourth-order valence-electron chi connectivity index (χ4n) is 2.47. The second-order valence-corrected chi connectivity index (χ2v) is 6.32. The first-order chi connectivity index (χ1) is 9.99. The Kier molecular flexibility index (Phi) is 5.28. The van der Waals surface area contributed by atoms with Crippen molar-refractivity contribution >= 4 is 29.7 Å². The van der Waals surface area contributed by atoms with E-state index in [-0.39, 0.29) is 5.91 Å². The molecule has 0 bridgehead atoms. The van der Waals surface area contributed by atoms with Crippen LogP contribution in [0.1, 0.15) is 31.7 Å².